The molecule has 0 fully saturated rings. The molecular formula is C21H27N3O4S. The zero-order valence-electron chi connectivity index (χ0n) is 16.9. The van der Waals surface area contributed by atoms with Gasteiger partial charge in [0.25, 0.3) is 10.0 Å². The molecule has 1 unspecified atom stereocenters. The van der Waals surface area contributed by atoms with E-state index in [1.165, 1.54) is 0 Å². The minimum atomic E-state index is -4.11. The van der Waals surface area contributed by atoms with Crippen molar-refractivity contribution in [2.24, 2.45) is 0 Å². The quantitative estimate of drug-likeness (QED) is 0.539. The lowest BCUT2D eigenvalue weighted by Crippen LogP contribution is -2.34. The number of aliphatic hydroxyl groups excluding tert-OH is 2. The average Bonchev–Trinajstić information content (AvgIpc) is 2.72. The molecule has 29 heavy (non-hydrogen) atoms. The summed E-state index contributed by atoms with van der Waals surface area (Å²) in [5.74, 6) is 0. The Morgan fingerprint density at radius 1 is 1.17 bits per heavy atom. The number of benzene rings is 2. The van der Waals surface area contributed by atoms with Gasteiger partial charge in [0.05, 0.1) is 12.7 Å². The Balaban J connectivity index is 2.43. The highest BCUT2D eigenvalue weighted by molar-refractivity contribution is 7.93. The number of nitrogens with zero attached hydrogens (tertiary/aromatic N) is 2. The van der Waals surface area contributed by atoms with Gasteiger partial charge in [-0.2, -0.15) is 5.26 Å². The molecule has 0 aliphatic heterocycles. The van der Waals surface area contributed by atoms with Crippen molar-refractivity contribution in [2.45, 2.75) is 26.9 Å². The van der Waals surface area contributed by atoms with Crippen LogP contribution in [0.1, 0.15) is 26.3 Å². The molecule has 0 spiro atoms. The molecule has 0 aliphatic rings. The number of fused-ring (bicyclic) bond motifs is 1. The third-order valence-corrected chi connectivity index (χ3v) is 6.30. The maximum Gasteiger partial charge on any atom is 0.251 e. The second-order valence-electron chi connectivity index (χ2n) is 6.67. The van der Waals surface area contributed by atoms with Crippen LogP contribution in [-0.4, -0.2) is 51.0 Å². The normalized spacial score (nSPS) is 13.7. The molecule has 8 heteroatoms. The van der Waals surface area contributed by atoms with Crippen molar-refractivity contribution in [1.82, 2.24) is 4.72 Å². The first-order valence-corrected chi connectivity index (χ1v) is 10.9. The van der Waals surface area contributed by atoms with E-state index in [-0.39, 0.29) is 6.54 Å². The Kier molecular flexibility index (Phi) is 7.76. The van der Waals surface area contributed by atoms with E-state index in [0.717, 1.165) is 29.5 Å². The zero-order valence-corrected chi connectivity index (χ0v) is 17.7. The summed E-state index contributed by atoms with van der Waals surface area (Å²) in [7, 11) is -4.11. The van der Waals surface area contributed by atoms with E-state index in [4.69, 9.17) is 5.11 Å². The van der Waals surface area contributed by atoms with Gasteiger partial charge in [0.1, 0.15) is 6.07 Å². The summed E-state index contributed by atoms with van der Waals surface area (Å²) in [5, 5.41) is 29.6. The van der Waals surface area contributed by atoms with Gasteiger partial charge in [0.2, 0.25) is 0 Å². The van der Waals surface area contributed by atoms with Crippen molar-refractivity contribution in [3.8, 4) is 6.07 Å². The topological polar surface area (TPSA) is 114 Å². The van der Waals surface area contributed by atoms with Gasteiger partial charge in [-0.15, -0.1) is 0 Å². The lowest BCUT2D eigenvalue weighted by Gasteiger charge is -2.21. The van der Waals surface area contributed by atoms with Crippen LogP contribution in [0.2, 0.25) is 0 Å². The molecule has 0 aromatic heterocycles. The Labute approximate surface area is 171 Å². The summed E-state index contributed by atoms with van der Waals surface area (Å²) in [5.41, 5.74) is 2.06. The van der Waals surface area contributed by atoms with Crippen LogP contribution in [0, 0.1) is 11.3 Å². The summed E-state index contributed by atoms with van der Waals surface area (Å²) >= 11 is 0. The van der Waals surface area contributed by atoms with Crippen LogP contribution in [0.3, 0.4) is 0 Å². The van der Waals surface area contributed by atoms with Crippen molar-refractivity contribution in [3.63, 3.8) is 0 Å². The summed E-state index contributed by atoms with van der Waals surface area (Å²) < 4.78 is 27.1. The molecule has 0 saturated carbocycles. The van der Waals surface area contributed by atoms with Gasteiger partial charge in [-0.1, -0.05) is 18.2 Å². The van der Waals surface area contributed by atoms with Crippen molar-refractivity contribution < 1.29 is 18.6 Å². The smallest absolute Gasteiger partial charge is 0.251 e. The second kappa shape index (κ2) is 9.85. The van der Waals surface area contributed by atoms with Gasteiger partial charge in [-0.05, 0) is 60.9 Å². The highest BCUT2D eigenvalue weighted by Crippen LogP contribution is 2.28. The molecule has 0 radical (unpaired) electrons. The van der Waals surface area contributed by atoms with Crippen molar-refractivity contribution in [3.05, 3.63) is 46.9 Å². The number of allylic oxidation sites excluding steroid dienone is 2. The van der Waals surface area contributed by atoms with E-state index >= 15 is 0 Å². The van der Waals surface area contributed by atoms with Crippen LogP contribution in [0.15, 0.2) is 41.3 Å². The van der Waals surface area contributed by atoms with Gasteiger partial charge in [-0.3, -0.25) is 0 Å². The number of nitrogens with one attached hydrogen (secondary N) is 1. The standard InChI is InChI=1S/C21H27N3O4S/c1-4-24(5-2)19-9-8-17-10-16(6-7-18(17)11-19)15(3)21(12-22)29(27,28)23-13-20(26)14-25/h6-11,20,23,25-26H,4-5,13-14H2,1-3H3/b21-15+. The van der Waals surface area contributed by atoms with Crippen molar-refractivity contribution in [2.75, 3.05) is 31.1 Å². The molecule has 0 aliphatic carbocycles. The fraction of sp³-hybridized carbons (Fsp3) is 0.381. The van der Waals surface area contributed by atoms with Crippen LogP contribution in [0.25, 0.3) is 16.3 Å². The molecular weight excluding hydrogens is 390 g/mol. The van der Waals surface area contributed by atoms with Crippen LogP contribution >= 0.6 is 0 Å². The Hall–Kier alpha value is -2.44. The molecule has 0 amide bonds. The second-order valence-corrected chi connectivity index (χ2v) is 8.38. The number of anilines is 1. The molecule has 0 saturated heterocycles. The number of hydrogen-bond acceptors (Lipinski definition) is 6. The Bertz CT molecular complexity index is 1040. The molecule has 2 aromatic carbocycles. The maximum atomic E-state index is 12.5. The largest absolute Gasteiger partial charge is 0.394 e. The third-order valence-electron chi connectivity index (χ3n) is 4.82. The predicted molar refractivity (Wildman–Crippen MR) is 116 cm³/mol. The first-order valence-electron chi connectivity index (χ1n) is 9.46. The number of sulfonamides is 1. The summed E-state index contributed by atoms with van der Waals surface area (Å²) in [6.07, 6.45) is -1.23. The highest BCUT2D eigenvalue weighted by Gasteiger charge is 2.22. The highest BCUT2D eigenvalue weighted by atomic mass is 32.2. The molecule has 3 N–H and O–H groups in total. The maximum absolute atomic E-state index is 12.5. The molecule has 2 aromatic rings. The van der Waals surface area contributed by atoms with Crippen molar-refractivity contribution >= 4 is 32.1 Å². The van der Waals surface area contributed by atoms with Gasteiger partial charge in [0.15, 0.2) is 4.91 Å². The van der Waals surface area contributed by atoms with Crippen molar-refractivity contribution in [1.29, 1.82) is 5.26 Å². The number of aliphatic hydroxyl groups is 2. The minimum Gasteiger partial charge on any atom is -0.394 e. The van der Waals surface area contributed by atoms with Crippen LogP contribution in [0.5, 0.6) is 0 Å². The van der Waals surface area contributed by atoms with Crippen LogP contribution in [0.4, 0.5) is 5.69 Å². The number of hydrogen-bond donors (Lipinski definition) is 3. The average molecular weight is 418 g/mol. The molecule has 1 atom stereocenters. The molecule has 0 heterocycles. The summed E-state index contributed by atoms with van der Waals surface area (Å²) in [6, 6.07) is 13.4. The van der Waals surface area contributed by atoms with E-state index in [2.05, 4.69) is 29.5 Å². The SMILES string of the molecule is CCN(CC)c1ccc2cc(/C(C)=C(\C#N)S(=O)(=O)NCC(O)CO)ccc2c1. The lowest BCUT2D eigenvalue weighted by atomic mass is 10.0. The summed E-state index contributed by atoms with van der Waals surface area (Å²) in [6.45, 7) is 6.64. The third kappa shape index (κ3) is 5.34. The first-order chi connectivity index (χ1) is 13.8. The van der Waals surface area contributed by atoms with Gasteiger partial charge < -0.3 is 15.1 Å². The summed E-state index contributed by atoms with van der Waals surface area (Å²) in [4.78, 5) is 1.83. The molecule has 0 bridgehead atoms. The monoisotopic (exact) mass is 417 g/mol. The van der Waals surface area contributed by atoms with Gasteiger partial charge >= 0.3 is 0 Å². The van der Waals surface area contributed by atoms with E-state index in [1.807, 2.05) is 24.3 Å². The fourth-order valence-electron chi connectivity index (χ4n) is 3.07. The van der Waals surface area contributed by atoms with Gasteiger partial charge in [0, 0.05) is 25.3 Å². The first kappa shape index (κ1) is 22.8. The fourth-order valence-corrected chi connectivity index (χ4v) is 4.27. The predicted octanol–water partition coefficient (Wildman–Crippen LogP) is 2.21. The zero-order chi connectivity index (χ0) is 21.6. The number of rotatable bonds is 9. The molecule has 2 rings (SSSR count). The molecule has 156 valence electrons. The number of nitriles is 1. The van der Waals surface area contributed by atoms with E-state index < -0.39 is 27.6 Å². The van der Waals surface area contributed by atoms with Gasteiger partial charge in [-0.25, -0.2) is 13.1 Å². The van der Waals surface area contributed by atoms with E-state index in [0.29, 0.717) is 11.1 Å². The van der Waals surface area contributed by atoms with Crippen LogP contribution in [-0.2, 0) is 10.0 Å². The van der Waals surface area contributed by atoms with Crippen LogP contribution < -0.4 is 9.62 Å². The van der Waals surface area contributed by atoms with E-state index in [1.54, 1.807) is 19.1 Å². The minimum absolute atomic E-state index is 0.313. The lowest BCUT2D eigenvalue weighted by molar-refractivity contribution is 0.0989. The van der Waals surface area contributed by atoms with E-state index in [9.17, 15) is 18.8 Å². The molecule has 7 nitrogen and oxygen atoms in total. The Morgan fingerprint density at radius 3 is 2.38 bits per heavy atom. The Morgan fingerprint density at radius 2 is 1.79 bits per heavy atom.